The first-order valence-corrected chi connectivity index (χ1v) is 8.77. The standard InChI is InChI=1S/C18H19ClN4O2/c19-13-5-2-1-4-12(13)18-7-3-6-15(16(18)24)25-17(23-18)14(20)8-11-9-21-10-22-11/h1-2,4-5,9-10,14-15H,3,6-8,20H2,(H,21,22)/t14-,15?,18?/m0/s1. The molecular weight excluding hydrogens is 340 g/mol. The average Bonchev–Trinajstić information content (AvgIpc) is 3.08. The van der Waals surface area contributed by atoms with Crippen LogP contribution >= 0.6 is 11.6 Å². The molecule has 2 bridgehead atoms. The first kappa shape index (κ1) is 16.3. The average molecular weight is 359 g/mol. The van der Waals surface area contributed by atoms with E-state index in [4.69, 9.17) is 27.1 Å². The van der Waals surface area contributed by atoms with E-state index in [1.165, 1.54) is 0 Å². The van der Waals surface area contributed by atoms with Crippen LogP contribution in [0, 0.1) is 0 Å². The first-order chi connectivity index (χ1) is 12.1. The van der Waals surface area contributed by atoms with E-state index in [0.717, 1.165) is 17.7 Å². The molecule has 3 N–H and O–H groups in total. The third-order valence-corrected chi connectivity index (χ3v) is 5.22. The number of aromatic amines is 1. The van der Waals surface area contributed by atoms with Crippen LogP contribution < -0.4 is 5.73 Å². The Hall–Kier alpha value is -2.18. The lowest BCUT2D eigenvalue weighted by atomic mass is 9.73. The number of nitrogens with one attached hydrogen (secondary N) is 1. The number of benzene rings is 1. The molecule has 130 valence electrons. The highest BCUT2D eigenvalue weighted by Crippen LogP contribution is 2.44. The Morgan fingerprint density at radius 3 is 3.04 bits per heavy atom. The summed E-state index contributed by atoms with van der Waals surface area (Å²) in [6, 6.07) is 6.92. The van der Waals surface area contributed by atoms with Gasteiger partial charge in [-0.1, -0.05) is 29.8 Å². The number of rotatable bonds is 4. The summed E-state index contributed by atoms with van der Waals surface area (Å²) in [7, 11) is 0. The molecule has 2 aliphatic rings. The number of ether oxygens (including phenoxy) is 1. The molecule has 1 aromatic carbocycles. The predicted molar refractivity (Wildman–Crippen MR) is 94.6 cm³/mol. The predicted octanol–water partition coefficient (Wildman–Crippen LogP) is 2.38. The van der Waals surface area contributed by atoms with Crippen molar-refractivity contribution in [2.24, 2.45) is 10.7 Å². The van der Waals surface area contributed by atoms with Gasteiger partial charge in [0, 0.05) is 23.2 Å². The highest BCUT2D eigenvalue weighted by molar-refractivity contribution is 6.32. The van der Waals surface area contributed by atoms with E-state index in [1.807, 2.05) is 18.2 Å². The maximum absolute atomic E-state index is 13.0. The number of ketones is 1. The normalized spacial score (nSPS) is 26.7. The van der Waals surface area contributed by atoms with Crippen molar-refractivity contribution in [2.45, 2.75) is 43.4 Å². The minimum atomic E-state index is -0.988. The number of carbonyl (C=O) groups is 1. The fraction of sp³-hybridized carbons (Fsp3) is 0.389. The van der Waals surface area contributed by atoms with E-state index in [0.29, 0.717) is 30.2 Å². The second-order valence-electron chi connectivity index (χ2n) is 6.52. The fourth-order valence-electron chi connectivity index (χ4n) is 3.66. The third kappa shape index (κ3) is 2.75. The zero-order chi connectivity index (χ0) is 17.4. The molecule has 6 nitrogen and oxygen atoms in total. The molecule has 0 saturated heterocycles. The van der Waals surface area contributed by atoms with Crippen molar-refractivity contribution in [1.82, 2.24) is 9.97 Å². The quantitative estimate of drug-likeness (QED) is 0.877. The van der Waals surface area contributed by atoms with Gasteiger partial charge in [-0.15, -0.1) is 0 Å². The molecule has 1 aliphatic heterocycles. The van der Waals surface area contributed by atoms with Gasteiger partial charge in [0.05, 0.1) is 18.1 Å². The van der Waals surface area contributed by atoms with Gasteiger partial charge in [0.15, 0.2) is 11.6 Å². The molecule has 2 heterocycles. The maximum Gasteiger partial charge on any atom is 0.205 e. The molecular formula is C18H19ClN4O2. The Morgan fingerprint density at radius 2 is 2.28 bits per heavy atom. The van der Waals surface area contributed by atoms with Gasteiger partial charge in [-0.05, 0) is 25.3 Å². The van der Waals surface area contributed by atoms with Gasteiger partial charge in [0.25, 0.3) is 0 Å². The van der Waals surface area contributed by atoms with Crippen molar-refractivity contribution < 1.29 is 9.53 Å². The number of halogens is 1. The molecule has 0 radical (unpaired) electrons. The van der Waals surface area contributed by atoms with E-state index >= 15 is 0 Å². The summed E-state index contributed by atoms with van der Waals surface area (Å²) in [5.74, 6) is 0.384. The zero-order valence-corrected chi connectivity index (χ0v) is 14.4. The molecule has 2 unspecified atom stereocenters. The Labute approximate surface area is 150 Å². The Morgan fingerprint density at radius 1 is 1.44 bits per heavy atom. The van der Waals surface area contributed by atoms with Crippen LogP contribution in [0.3, 0.4) is 0 Å². The van der Waals surface area contributed by atoms with Crippen LogP contribution in [-0.2, 0) is 21.5 Å². The number of hydrogen-bond acceptors (Lipinski definition) is 5. The molecule has 25 heavy (non-hydrogen) atoms. The molecule has 4 rings (SSSR count). The third-order valence-electron chi connectivity index (χ3n) is 4.89. The van der Waals surface area contributed by atoms with Crippen molar-refractivity contribution >= 4 is 23.3 Å². The molecule has 0 spiro atoms. The molecule has 1 fully saturated rings. The van der Waals surface area contributed by atoms with Crippen LogP contribution in [0.2, 0.25) is 5.02 Å². The number of carbonyl (C=O) groups excluding carboxylic acids is 1. The number of nitrogens with zero attached hydrogens (tertiary/aromatic N) is 2. The topological polar surface area (TPSA) is 93.4 Å². The SMILES string of the molecule is N[C@@H](Cc1c[nH]cn1)C1=NC2(c3ccccc3Cl)CCCC(O1)C2=O. The zero-order valence-electron chi connectivity index (χ0n) is 13.6. The maximum atomic E-state index is 13.0. The number of Topliss-reactive ketones (excluding diaryl/α,β-unsaturated/α-hetero) is 1. The van der Waals surface area contributed by atoms with Gasteiger partial charge < -0.3 is 15.5 Å². The molecule has 0 amide bonds. The van der Waals surface area contributed by atoms with E-state index in [1.54, 1.807) is 18.6 Å². The minimum Gasteiger partial charge on any atom is -0.468 e. The van der Waals surface area contributed by atoms with Crippen molar-refractivity contribution in [1.29, 1.82) is 0 Å². The van der Waals surface area contributed by atoms with Crippen LogP contribution in [0.1, 0.15) is 30.5 Å². The van der Waals surface area contributed by atoms with Crippen LogP contribution in [0.25, 0.3) is 0 Å². The molecule has 2 aromatic rings. The number of hydrogen-bond donors (Lipinski definition) is 2. The molecule has 1 aromatic heterocycles. The van der Waals surface area contributed by atoms with Gasteiger partial charge >= 0.3 is 0 Å². The summed E-state index contributed by atoms with van der Waals surface area (Å²) in [5, 5.41) is 0.544. The molecule has 7 heteroatoms. The number of aliphatic imine (C=N–C) groups is 1. The minimum absolute atomic E-state index is 0.0254. The molecule has 1 aliphatic carbocycles. The van der Waals surface area contributed by atoms with E-state index in [2.05, 4.69) is 9.97 Å². The lowest BCUT2D eigenvalue weighted by Gasteiger charge is -2.42. The number of H-pyrrole nitrogens is 1. The number of imidazole rings is 1. The second-order valence-corrected chi connectivity index (χ2v) is 6.93. The fourth-order valence-corrected chi connectivity index (χ4v) is 3.95. The van der Waals surface area contributed by atoms with Gasteiger partial charge in [0.2, 0.25) is 11.7 Å². The van der Waals surface area contributed by atoms with Crippen molar-refractivity contribution in [3.8, 4) is 0 Å². The molecule has 1 saturated carbocycles. The Bertz CT molecular complexity index is 820. The van der Waals surface area contributed by atoms with Crippen molar-refractivity contribution in [3.05, 3.63) is 53.1 Å². The summed E-state index contributed by atoms with van der Waals surface area (Å²) in [5.41, 5.74) is 6.88. The first-order valence-electron chi connectivity index (χ1n) is 8.39. The highest BCUT2D eigenvalue weighted by Gasteiger charge is 2.52. The highest BCUT2D eigenvalue weighted by atomic mass is 35.5. The van der Waals surface area contributed by atoms with E-state index < -0.39 is 17.7 Å². The smallest absolute Gasteiger partial charge is 0.205 e. The lowest BCUT2D eigenvalue weighted by Crippen LogP contribution is -2.54. The van der Waals surface area contributed by atoms with E-state index in [-0.39, 0.29) is 5.78 Å². The molecule has 3 atom stereocenters. The second kappa shape index (κ2) is 6.28. The van der Waals surface area contributed by atoms with Crippen LogP contribution in [0.15, 0.2) is 41.8 Å². The summed E-state index contributed by atoms with van der Waals surface area (Å²) in [6.07, 6.45) is 5.53. The van der Waals surface area contributed by atoms with Gasteiger partial charge in [-0.2, -0.15) is 0 Å². The van der Waals surface area contributed by atoms with E-state index in [9.17, 15) is 4.79 Å². The monoisotopic (exact) mass is 358 g/mol. The lowest BCUT2D eigenvalue weighted by molar-refractivity contribution is -0.137. The number of fused-ring (bicyclic) bond motifs is 2. The number of nitrogens with two attached hydrogens (primary N) is 1. The van der Waals surface area contributed by atoms with Crippen molar-refractivity contribution in [3.63, 3.8) is 0 Å². The number of aromatic nitrogens is 2. The summed E-state index contributed by atoms with van der Waals surface area (Å²) < 4.78 is 5.86. The summed E-state index contributed by atoms with van der Waals surface area (Å²) in [4.78, 5) is 24.8. The van der Waals surface area contributed by atoms with Crippen LogP contribution in [-0.4, -0.2) is 33.8 Å². The van der Waals surface area contributed by atoms with Crippen LogP contribution in [0.4, 0.5) is 0 Å². The van der Waals surface area contributed by atoms with Gasteiger partial charge in [-0.25, -0.2) is 9.98 Å². The summed E-state index contributed by atoms with van der Waals surface area (Å²) >= 11 is 6.40. The largest absolute Gasteiger partial charge is 0.468 e. The van der Waals surface area contributed by atoms with Crippen molar-refractivity contribution in [2.75, 3.05) is 0 Å². The van der Waals surface area contributed by atoms with Gasteiger partial charge in [0.1, 0.15) is 0 Å². The van der Waals surface area contributed by atoms with Crippen LogP contribution in [0.5, 0.6) is 0 Å². The van der Waals surface area contributed by atoms with Gasteiger partial charge in [-0.3, -0.25) is 4.79 Å². The Kier molecular flexibility index (Phi) is 4.09. The summed E-state index contributed by atoms with van der Waals surface area (Å²) in [6.45, 7) is 0. The Balaban J connectivity index is 1.75.